The van der Waals surface area contributed by atoms with Crippen molar-refractivity contribution in [2.75, 3.05) is 0 Å². The molecule has 0 heteroatoms. The van der Waals surface area contributed by atoms with Crippen LogP contribution in [0.2, 0.25) is 0 Å². The fraction of sp³-hybridized carbons (Fsp3) is 0.333. The van der Waals surface area contributed by atoms with E-state index in [-0.39, 0.29) is 0 Å². The molecule has 1 atom stereocenters. The van der Waals surface area contributed by atoms with E-state index in [1.54, 1.807) is 11.1 Å². The molecule has 0 saturated heterocycles. The van der Waals surface area contributed by atoms with E-state index < -0.39 is 0 Å². The van der Waals surface area contributed by atoms with E-state index in [2.05, 4.69) is 54.7 Å². The van der Waals surface area contributed by atoms with E-state index in [1.807, 2.05) is 0 Å². The lowest BCUT2D eigenvalue weighted by Gasteiger charge is -2.22. The van der Waals surface area contributed by atoms with Crippen LogP contribution in [-0.2, 0) is 0 Å². The Labute approximate surface area is 110 Å². The summed E-state index contributed by atoms with van der Waals surface area (Å²) < 4.78 is 0. The summed E-state index contributed by atoms with van der Waals surface area (Å²) in [4.78, 5) is 0. The maximum absolute atomic E-state index is 2.45. The largest absolute Gasteiger partial charge is 0.0842 e. The second-order valence-electron chi connectivity index (χ2n) is 5.23. The molecule has 0 heterocycles. The topological polar surface area (TPSA) is 0 Å². The molecule has 0 aromatic carbocycles. The normalized spacial score (nSPS) is 26.7. The SMILES string of the molecule is C1=CCCC(C2=CC(C3C=CC=CC3)=CCC2)=C1. The molecular formula is C18H20. The maximum Gasteiger partial charge on any atom is 0.00526 e. The van der Waals surface area contributed by atoms with Gasteiger partial charge < -0.3 is 0 Å². The first-order chi connectivity index (χ1) is 8.93. The predicted octanol–water partition coefficient (Wildman–Crippen LogP) is 5.04. The van der Waals surface area contributed by atoms with Crippen molar-refractivity contribution in [3.05, 3.63) is 71.4 Å². The minimum absolute atomic E-state index is 0.602. The van der Waals surface area contributed by atoms with Crippen molar-refractivity contribution < 1.29 is 0 Å². The van der Waals surface area contributed by atoms with Crippen LogP contribution < -0.4 is 0 Å². The molecule has 3 aliphatic carbocycles. The predicted molar refractivity (Wildman–Crippen MR) is 78.2 cm³/mol. The summed E-state index contributed by atoms with van der Waals surface area (Å²) in [5.74, 6) is 0.602. The first-order valence-corrected chi connectivity index (χ1v) is 7.03. The zero-order valence-corrected chi connectivity index (χ0v) is 10.8. The molecule has 92 valence electrons. The zero-order chi connectivity index (χ0) is 12.2. The summed E-state index contributed by atoms with van der Waals surface area (Å²) in [5, 5.41) is 0. The Hall–Kier alpha value is -1.56. The van der Waals surface area contributed by atoms with Crippen molar-refractivity contribution in [3.63, 3.8) is 0 Å². The molecule has 0 radical (unpaired) electrons. The van der Waals surface area contributed by atoms with Gasteiger partial charge in [0.1, 0.15) is 0 Å². The number of hydrogen-bond acceptors (Lipinski definition) is 0. The van der Waals surface area contributed by atoms with Crippen molar-refractivity contribution in [2.24, 2.45) is 5.92 Å². The Morgan fingerprint density at radius 2 is 1.83 bits per heavy atom. The Morgan fingerprint density at radius 3 is 2.61 bits per heavy atom. The average Bonchev–Trinajstić information content (AvgIpc) is 2.49. The standard InChI is InChI=1S/C18H20/c1-3-8-15(9-4-1)17-12-7-13-18(14-17)16-10-5-2-6-11-16/h1-5,8,10,12,14-15H,6-7,9,11,13H2. The van der Waals surface area contributed by atoms with Gasteiger partial charge in [-0.15, -0.1) is 0 Å². The van der Waals surface area contributed by atoms with Gasteiger partial charge in [0, 0.05) is 5.92 Å². The Kier molecular flexibility index (Phi) is 3.45. The molecule has 0 N–H and O–H groups in total. The fourth-order valence-electron chi connectivity index (χ4n) is 2.94. The van der Waals surface area contributed by atoms with Crippen molar-refractivity contribution in [1.29, 1.82) is 0 Å². The number of rotatable bonds is 2. The Balaban J connectivity index is 1.80. The van der Waals surface area contributed by atoms with Crippen molar-refractivity contribution in [2.45, 2.75) is 32.1 Å². The molecule has 0 nitrogen and oxygen atoms in total. The third-order valence-corrected chi connectivity index (χ3v) is 3.97. The Morgan fingerprint density at radius 1 is 0.889 bits per heavy atom. The van der Waals surface area contributed by atoms with Gasteiger partial charge in [0.15, 0.2) is 0 Å². The molecule has 18 heavy (non-hydrogen) atoms. The van der Waals surface area contributed by atoms with Gasteiger partial charge in [0.25, 0.3) is 0 Å². The number of hydrogen-bond donors (Lipinski definition) is 0. The van der Waals surface area contributed by atoms with Crippen LogP contribution in [-0.4, -0.2) is 0 Å². The van der Waals surface area contributed by atoms with E-state index in [4.69, 9.17) is 0 Å². The molecule has 0 amide bonds. The molecule has 0 aromatic rings. The van der Waals surface area contributed by atoms with E-state index in [0.29, 0.717) is 5.92 Å². The highest BCUT2D eigenvalue weighted by molar-refractivity contribution is 5.44. The average molecular weight is 236 g/mol. The van der Waals surface area contributed by atoms with E-state index in [0.717, 1.165) is 6.42 Å². The van der Waals surface area contributed by atoms with Crippen LogP contribution >= 0.6 is 0 Å². The molecule has 3 rings (SSSR count). The fourth-order valence-corrected chi connectivity index (χ4v) is 2.94. The maximum atomic E-state index is 2.45. The first-order valence-electron chi connectivity index (χ1n) is 7.03. The zero-order valence-electron chi connectivity index (χ0n) is 10.8. The van der Waals surface area contributed by atoms with E-state index in [1.165, 1.54) is 31.3 Å². The molecule has 0 saturated carbocycles. The summed E-state index contributed by atoms with van der Waals surface area (Å²) in [6.07, 6.45) is 26.6. The quantitative estimate of drug-likeness (QED) is 0.630. The third-order valence-electron chi connectivity index (χ3n) is 3.97. The van der Waals surface area contributed by atoms with Crippen LogP contribution in [0.1, 0.15) is 32.1 Å². The van der Waals surface area contributed by atoms with Gasteiger partial charge >= 0.3 is 0 Å². The monoisotopic (exact) mass is 236 g/mol. The van der Waals surface area contributed by atoms with Crippen LogP contribution in [0.5, 0.6) is 0 Å². The van der Waals surface area contributed by atoms with Gasteiger partial charge in [-0.25, -0.2) is 0 Å². The van der Waals surface area contributed by atoms with Gasteiger partial charge in [-0.1, -0.05) is 54.7 Å². The number of allylic oxidation sites excluding steroid dienone is 12. The molecule has 0 aliphatic heterocycles. The molecule has 0 fully saturated rings. The lowest BCUT2D eigenvalue weighted by Crippen LogP contribution is -2.05. The molecular weight excluding hydrogens is 216 g/mol. The van der Waals surface area contributed by atoms with Gasteiger partial charge in [0.05, 0.1) is 0 Å². The third kappa shape index (κ3) is 2.48. The van der Waals surface area contributed by atoms with E-state index >= 15 is 0 Å². The van der Waals surface area contributed by atoms with Crippen LogP contribution in [0, 0.1) is 5.92 Å². The smallest absolute Gasteiger partial charge is 0.00526 e. The van der Waals surface area contributed by atoms with Crippen LogP contribution in [0.3, 0.4) is 0 Å². The molecule has 0 bridgehead atoms. The van der Waals surface area contributed by atoms with Crippen molar-refractivity contribution in [1.82, 2.24) is 0 Å². The van der Waals surface area contributed by atoms with Gasteiger partial charge in [-0.05, 0) is 48.8 Å². The lowest BCUT2D eigenvalue weighted by atomic mass is 9.83. The van der Waals surface area contributed by atoms with Crippen molar-refractivity contribution in [3.8, 4) is 0 Å². The van der Waals surface area contributed by atoms with Gasteiger partial charge in [0.2, 0.25) is 0 Å². The second kappa shape index (κ2) is 5.39. The lowest BCUT2D eigenvalue weighted by molar-refractivity contribution is 0.761. The highest BCUT2D eigenvalue weighted by Crippen LogP contribution is 2.33. The molecule has 0 aromatic heterocycles. The van der Waals surface area contributed by atoms with Crippen LogP contribution in [0.25, 0.3) is 0 Å². The van der Waals surface area contributed by atoms with E-state index in [9.17, 15) is 0 Å². The van der Waals surface area contributed by atoms with Crippen molar-refractivity contribution >= 4 is 0 Å². The minimum atomic E-state index is 0.602. The van der Waals surface area contributed by atoms with Crippen LogP contribution in [0.15, 0.2) is 71.4 Å². The first kappa shape index (κ1) is 11.5. The highest BCUT2D eigenvalue weighted by atomic mass is 14.2. The molecule has 0 spiro atoms. The minimum Gasteiger partial charge on any atom is -0.0842 e. The second-order valence-corrected chi connectivity index (χ2v) is 5.23. The van der Waals surface area contributed by atoms with Gasteiger partial charge in [-0.2, -0.15) is 0 Å². The summed E-state index contributed by atoms with van der Waals surface area (Å²) in [7, 11) is 0. The summed E-state index contributed by atoms with van der Waals surface area (Å²) in [5.41, 5.74) is 4.64. The Bertz CT molecular complexity index is 492. The highest BCUT2D eigenvalue weighted by Gasteiger charge is 2.15. The summed E-state index contributed by atoms with van der Waals surface area (Å²) in [6, 6.07) is 0. The van der Waals surface area contributed by atoms with Gasteiger partial charge in [-0.3, -0.25) is 0 Å². The molecule has 1 unspecified atom stereocenters. The molecule has 3 aliphatic rings. The summed E-state index contributed by atoms with van der Waals surface area (Å²) in [6.45, 7) is 0. The van der Waals surface area contributed by atoms with Crippen LogP contribution in [0.4, 0.5) is 0 Å². The summed E-state index contributed by atoms with van der Waals surface area (Å²) >= 11 is 0.